The van der Waals surface area contributed by atoms with Crippen LogP contribution < -0.4 is 15.2 Å². The molecule has 1 saturated heterocycles. The fraction of sp³-hybridized carbons (Fsp3) is 0.455. The lowest BCUT2D eigenvalue weighted by atomic mass is 9.88. The first-order valence-electron chi connectivity index (χ1n) is 9.66. The van der Waals surface area contributed by atoms with E-state index in [0.717, 1.165) is 5.56 Å². The summed E-state index contributed by atoms with van der Waals surface area (Å²) >= 11 is 0. The predicted molar refractivity (Wildman–Crippen MR) is 109 cm³/mol. The Bertz CT molecular complexity index is 949. The molecular weight excluding hydrogens is 375 g/mol. The minimum absolute atomic E-state index is 0.146. The number of benzene rings is 1. The van der Waals surface area contributed by atoms with E-state index < -0.39 is 5.82 Å². The molecular formula is C22H27FN2O4. The van der Waals surface area contributed by atoms with Crippen LogP contribution in [0.3, 0.4) is 0 Å². The number of aryl methyl sites for hydroxylation is 1. The van der Waals surface area contributed by atoms with E-state index in [1.807, 2.05) is 20.8 Å². The van der Waals surface area contributed by atoms with Crippen LogP contribution in [0.4, 0.5) is 10.1 Å². The van der Waals surface area contributed by atoms with Gasteiger partial charge in [0.05, 0.1) is 19.8 Å². The second-order valence-electron chi connectivity index (χ2n) is 7.56. The number of rotatable bonds is 6. The van der Waals surface area contributed by atoms with Crippen LogP contribution in [-0.4, -0.2) is 37.3 Å². The van der Waals surface area contributed by atoms with E-state index in [1.54, 1.807) is 36.1 Å². The first-order chi connectivity index (χ1) is 13.8. The van der Waals surface area contributed by atoms with Crippen LogP contribution in [0.2, 0.25) is 0 Å². The summed E-state index contributed by atoms with van der Waals surface area (Å²) < 4.78 is 26.7. The molecule has 1 aromatic heterocycles. The quantitative estimate of drug-likeness (QED) is 0.743. The maximum atomic E-state index is 14.8. The normalized spacial score (nSPS) is 20.2. The van der Waals surface area contributed by atoms with Crippen LogP contribution in [-0.2, 0) is 9.53 Å². The van der Waals surface area contributed by atoms with Crippen molar-refractivity contribution in [2.75, 3.05) is 25.7 Å². The summed E-state index contributed by atoms with van der Waals surface area (Å²) in [6.07, 6.45) is 1.83. The summed E-state index contributed by atoms with van der Waals surface area (Å²) in [4.78, 5) is 27.4. The van der Waals surface area contributed by atoms with Crippen molar-refractivity contribution in [1.82, 2.24) is 4.57 Å². The number of ether oxygens (including phenoxy) is 2. The Labute approximate surface area is 169 Å². The van der Waals surface area contributed by atoms with Gasteiger partial charge in [0.25, 0.3) is 5.56 Å². The van der Waals surface area contributed by atoms with Crippen LogP contribution in [0.15, 0.2) is 35.3 Å². The van der Waals surface area contributed by atoms with Crippen molar-refractivity contribution < 1.29 is 18.7 Å². The highest BCUT2D eigenvalue weighted by atomic mass is 19.1. The van der Waals surface area contributed by atoms with Crippen molar-refractivity contribution >= 4 is 11.6 Å². The molecule has 29 heavy (non-hydrogen) atoms. The highest BCUT2D eigenvalue weighted by molar-refractivity contribution is 5.97. The Morgan fingerprint density at radius 3 is 2.62 bits per heavy atom. The van der Waals surface area contributed by atoms with Crippen molar-refractivity contribution in [3.8, 4) is 5.75 Å². The van der Waals surface area contributed by atoms with Gasteiger partial charge in [-0.2, -0.15) is 0 Å². The van der Waals surface area contributed by atoms with Gasteiger partial charge in [0, 0.05) is 37.8 Å². The Hall–Kier alpha value is -2.67. The van der Waals surface area contributed by atoms with Crippen LogP contribution in [0.1, 0.15) is 43.4 Å². The van der Waals surface area contributed by atoms with Gasteiger partial charge in [0.1, 0.15) is 17.3 Å². The molecule has 0 spiro atoms. The van der Waals surface area contributed by atoms with Crippen molar-refractivity contribution in [2.24, 2.45) is 0 Å². The molecule has 156 valence electrons. The molecule has 1 unspecified atom stereocenters. The van der Waals surface area contributed by atoms with Gasteiger partial charge in [-0.15, -0.1) is 0 Å². The summed E-state index contributed by atoms with van der Waals surface area (Å²) in [6.45, 7) is 5.92. The zero-order valence-corrected chi connectivity index (χ0v) is 17.4. The predicted octanol–water partition coefficient (Wildman–Crippen LogP) is 3.42. The molecule has 3 atom stereocenters. The minimum Gasteiger partial charge on any atom is -0.497 e. The first kappa shape index (κ1) is 21.0. The molecule has 1 aliphatic heterocycles. The smallest absolute Gasteiger partial charge is 0.274 e. The fourth-order valence-corrected chi connectivity index (χ4v) is 4.22. The third kappa shape index (κ3) is 3.79. The van der Waals surface area contributed by atoms with E-state index in [9.17, 15) is 14.0 Å². The van der Waals surface area contributed by atoms with E-state index in [1.165, 1.54) is 18.1 Å². The zero-order valence-electron chi connectivity index (χ0n) is 17.4. The second-order valence-corrected chi connectivity index (χ2v) is 7.56. The lowest BCUT2D eigenvalue weighted by Gasteiger charge is -2.26. The molecule has 1 amide bonds. The van der Waals surface area contributed by atoms with Crippen molar-refractivity contribution in [3.63, 3.8) is 0 Å². The molecule has 0 saturated carbocycles. The summed E-state index contributed by atoms with van der Waals surface area (Å²) in [5.41, 5.74) is 1.28. The lowest BCUT2D eigenvalue weighted by molar-refractivity contribution is -0.117. The minimum atomic E-state index is -0.396. The molecule has 0 radical (unpaired) electrons. The van der Waals surface area contributed by atoms with Crippen LogP contribution >= 0.6 is 0 Å². The number of methoxy groups -OCH3 is 2. The molecule has 0 aliphatic carbocycles. The Morgan fingerprint density at radius 1 is 1.28 bits per heavy atom. The van der Waals surface area contributed by atoms with Gasteiger partial charge in [-0.3, -0.25) is 9.59 Å². The van der Waals surface area contributed by atoms with Gasteiger partial charge in [0.2, 0.25) is 5.91 Å². The third-order valence-corrected chi connectivity index (χ3v) is 5.67. The second kappa shape index (κ2) is 8.37. The van der Waals surface area contributed by atoms with Crippen LogP contribution in [0.25, 0.3) is 0 Å². The van der Waals surface area contributed by atoms with Gasteiger partial charge < -0.3 is 18.9 Å². The zero-order chi connectivity index (χ0) is 21.3. The van der Waals surface area contributed by atoms with E-state index >= 15 is 0 Å². The van der Waals surface area contributed by atoms with Crippen molar-refractivity contribution in [3.05, 3.63) is 57.8 Å². The molecule has 0 bridgehead atoms. The van der Waals surface area contributed by atoms with Gasteiger partial charge >= 0.3 is 0 Å². The molecule has 6 nitrogen and oxygen atoms in total. The number of aromatic nitrogens is 1. The van der Waals surface area contributed by atoms with E-state index in [4.69, 9.17) is 9.47 Å². The number of hydrogen-bond donors (Lipinski definition) is 0. The number of anilines is 1. The number of carbonyl (C=O) groups is 1. The fourth-order valence-electron chi connectivity index (χ4n) is 4.22. The molecule has 2 heterocycles. The average Bonchev–Trinajstić information content (AvgIpc) is 2.95. The number of amides is 1. The van der Waals surface area contributed by atoms with E-state index in [-0.39, 0.29) is 35.9 Å². The molecule has 1 aromatic carbocycles. The summed E-state index contributed by atoms with van der Waals surface area (Å²) in [5.74, 6) is -0.493. The highest BCUT2D eigenvalue weighted by Gasteiger charge is 2.41. The van der Waals surface area contributed by atoms with Gasteiger partial charge in [-0.05, 0) is 50.1 Å². The lowest BCUT2D eigenvalue weighted by Crippen LogP contribution is -2.39. The molecule has 7 heteroatoms. The van der Waals surface area contributed by atoms with E-state index in [2.05, 4.69) is 0 Å². The average molecular weight is 402 g/mol. The molecule has 1 aliphatic rings. The summed E-state index contributed by atoms with van der Waals surface area (Å²) in [5, 5.41) is 0. The van der Waals surface area contributed by atoms with Crippen LogP contribution in [0.5, 0.6) is 5.75 Å². The maximum Gasteiger partial charge on any atom is 0.274 e. The van der Waals surface area contributed by atoms with Crippen LogP contribution in [0, 0.1) is 12.7 Å². The Morgan fingerprint density at radius 2 is 2.00 bits per heavy atom. The van der Waals surface area contributed by atoms with Gasteiger partial charge in [-0.25, -0.2) is 4.39 Å². The summed E-state index contributed by atoms with van der Waals surface area (Å²) in [7, 11) is 3.07. The van der Waals surface area contributed by atoms with Gasteiger partial charge in [-0.1, -0.05) is 0 Å². The highest BCUT2D eigenvalue weighted by Crippen LogP contribution is 2.39. The Balaban J connectivity index is 2.00. The molecule has 3 rings (SSSR count). The largest absolute Gasteiger partial charge is 0.497 e. The number of nitrogens with zero attached hydrogens (tertiary/aromatic N) is 2. The third-order valence-electron chi connectivity index (χ3n) is 5.67. The number of halogens is 1. The number of hydrogen-bond acceptors (Lipinski definition) is 4. The van der Waals surface area contributed by atoms with Crippen molar-refractivity contribution in [2.45, 2.75) is 45.2 Å². The molecule has 2 aromatic rings. The van der Waals surface area contributed by atoms with Gasteiger partial charge in [0.15, 0.2) is 0 Å². The number of carbonyl (C=O) groups excluding carboxylic acids is 1. The maximum absolute atomic E-state index is 14.8. The molecule has 0 N–H and O–H groups in total. The number of pyridine rings is 1. The molecule has 1 fully saturated rings. The summed E-state index contributed by atoms with van der Waals surface area (Å²) in [6, 6.07) is 5.97. The van der Waals surface area contributed by atoms with Crippen molar-refractivity contribution in [1.29, 1.82) is 0 Å². The Kier molecular flexibility index (Phi) is 6.07. The SMILES string of the molecule is COCC(C)n1cccc(N2C(=O)C[C@H](c3c(C)cc(OC)cc3F)[C@@H]2C)c1=O. The standard InChI is InChI=1S/C22H27FN2O4/c1-13-9-16(29-5)10-18(23)21(13)17-11-20(26)25(15(17)3)19-7-6-8-24(22(19)27)14(2)12-28-4/h6-10,14-15,17H,11-12H2,1-5H3/t14?,15-,17-/m0/s1. The monoisotopic (exact) mass is 402 g/mol. The first-order valence-corrected chi connectivity index (χ1v) is 9.66. The van der Waals surface area contributed by atoms with E-state index in [0.29, 0.717) is 23.6 Å². The topological polar surface area (TPSA) is 60.8 Å².